The molecule has 0 saturated carbocycles. The van der Waals surface area contributed by atoms with Crippen LogP contribution in [0.25, 0.3) is 5.69 Å². The number of nitrogens with zero attached hydrogens (tertiary/aromatic N) is 3. The highest BCUT2D eigenvalue weighted by Crippen LogP contribution is 2.44. The predicted molar refractivity (Wildman–Crippen MR) is 104 cm³/mol. The van der Waals surface area contributed by atoms with Crippen LogP contribution in [0.1, 0.15) is 18.4 Å². The van der Waals surface area contributed by atoms with Crippen LogP contribution in [-0.4, -0.2) is 59.4 Å². The summed E-state index contributed by atoms with van der Waals surface area (Å²) in [5.41, 5.74) is 1.77. The van der Waals surface area contributed by atoms with Crippen LogP contribution in [0.4, 0.5) is 13.2 Å². The van der Waals surface area contributed by atoms with Crippen LogP contribution < -0.4 is 5.32 Å². The fraction of sp³-hybridized carbons (Fsp3) is 0.524. The number of ether oxygens (including phenoxy) is 1. The summed E-state index contributed by atoms with van der Waals surface area (Å²) in [6.45, 7) is 1.57. The van der Waals surface area contributed by atoms with Crippen LogP contribution in [0.5, 0.6) is 0 Å². The highest BCUT2D eigenvalue weighted by atomic mass is 19.4. The number of amides is 1. The average molecular weight is 422 g/mol. The number of hydrogen-bond donors (Lipinski definition) is 1. The molecule has 3 heterocycles. The van der Waals surface area contributed by atoms with E-state index in [-0.39, 0.29) is 5.41 Å². The largest absolute Gasteiger partial charge is 0.405 e. The third-order valence-corrected chi connectivity index (χ3v) is 6.13. The first kappa shape index (κ1) is 20.9. The van der Waals surface area contributed by atoms with Crippen molar-refractivity contribution in [2.24, 2.45) is 11.3 Å². The van der Waals surface area contributed by atoms with Crippen molar-refractivity contribution in [3.63, 3.8) is 0 Å². The number of hydrogen-bond acceptors (Lipinski definition) is 4. The van der Waals surface area contributed by atoms with Crippen molar-refractivity contribution >= 4 is 5.91 Å². The van der Waals surface area contributed by atoms with Crippen molar-refractivity contribution < 1.29 is 22.7 Å². The van der Waals surface area contributed by atoms with E-state index >= 15 is 0 Å². The number of benzene rings is 1. The highest BCUT2D eigenvalue weighted by Gasteiger charge is 2.50. The molecule has 9 heteroatoms. The first-order valence-corrected chi connectivity index (χ1v) is 10.1. The Morgan fingerprint density at radius 3 is 2.60 bits per heavy atom. The van der Waals surface area contributed by atoms with E-state index in [1.54, 1.807) is 12.5 Å². The van der Waals surface area contributed by atoms with Crippen LogP contribution in [-0.2, 0) is 16.1 Å². The molecule has 6 nitrogen and oxygen atoms in total. The summed E-state index contributed by atoms with van der Waals surface area (Å²) < 4.78 is 45.1. The van der Waals surface area contributed by atoms with E-state index in [1.807, 2.05) is 35.0 Å². The monoisotopic (exact) mass is 422 g/mol. The Labute approximate surface area is 173 Å². The third kappa shape index (κ3) is 4.67. The van der Waals surface area contributed by atoms with Gasteiger partial charge in [-0.3, -0.25) is 9.69 Å². The molecule has 30 heavy (non-hydrogen) atoms. The molecular formula is C21H25F3N4O2. The highest BCUT2D eigenvalue weighted by molar-refractivity contribution is 5.80. The third-order valence-electron chi connectivity index (χ3n) is 6.13. The van der Waals surface area contributed by atoms with Gasteiger partial charge in [0.25, 0.3) is 0 Å². The maximum atomic E-state index is 12.7. The Balaban J connectivity index is 1.45. The molecule has 4 rings (SSSR count). The SMILES string of the molecule is O=C(NCC(F)(F)F)[C@H]1CN(Cc2ccc(-n3ccnc3)cc2)CC12CCOCC2. The number of aromatic nitrogens is 2. The molecular weight excluding hydrogens is 397 g/mol. The van der Waals surface area contributed by atoms with Gasteiger partial charge in [-0.1, -0.05) is 12.1 Å². The second kappa shape index (κ2) is 8.39. The van der Waals surface area contributed by atoms with Gasteiger partial charge in [0, 0.05) is 56.3 Å². The van der Waals surface area contributed by atoms with Crippen molar-refractivity contribution in [3.8, 4) is 5.69 Å². The van der Waals surface area contributed by atoms with Gasteiger partial charge >= 0.3 is 6.18 Å². The molecule has 1 amide bonds. The topological polar surface area (TPSA) is 59.4 Å². The van der Waals surface area contributed by atoms with Crippen molar-refractivity contribution in [2.45, 2.75) is 25.6 Å². The minimum Gasteiger partial charge on any atom is -0.381 e. The second-order valence-corrected chi connectivity index (χ2v) is 8.17. The molecule has 0 radical (unpaired) electrons. The summed E-state index contributed by atoms with van der Waals surface area (Å²) >= 11 is 0. The number of rotatable bonds is 5. The lowest BCUT2D eigenvalue weighted by Crippen LogP contribution is -2.46. The lowest BCUT2D eigenvalue weighted by Gasteiger charge is -2.37. The van der Waals surface area contributed by atoms with E-state index in [4.69, 9.17) is 4.74 Å². The summed E-state index contributed by atoms with van der Waals surface area (Å²) in [5.74, 6) is -0.971. The zero-order valence-corrected chi connectivity index (χ0v) is 16.6. The minimum atomic E-state index is -4.41. The molecule has 162 valence electrons. The van der Waals surface area contributed by atoms with E-state index in [0.29, 0.717) is 45.7 Å². The van der Waals surface area contributed by atoms with Crippen LogP contribution in [0.3, 0.4) is 0 Å². The van der Waals surface area contributed by atoms with Crippen LogP contribution >= 0.6 is 0 Å². The van der Waals surface area contributed by atoms with Crippen LogP contribution in [0.2, 0.25) is 0 Å². The van der Waals surface area contributed by atoms with Crippen molar-refractivity contribution in [1.29, 1.82) is 0 Å². The van der Waals surface area contributed by atoms with Gasteiger partial charge in [-0.15, -0.1) is 0 Å². The molecule has 1 spiro atoms. The minimum absolute atomic E-state index is 0.329. The number of alkyl halides is 3. The van der Waals surface area contributed by atoms with E-state index in [2.05, 4.69) is 15.2 Å². The molecule has 0 unspecified atom stereocenters. The number of imidazole rings is 1. The van der Waals surface area contributed by atoms with Crippen molar-refractivity contribution in [2.75, 3.05) is 32.8 Å². The fourth-order valence-electron chi connectivity index (χ4n) is 4.59. The molecule has 2 aliphatic heterocycles. The Hall–Kier alpha value is -2.39. The van der Waals surface area contributed by atoms with Gasteiger partial charge < -0.3 is 14.6 Å². The van der Waals surface area contributed by atoms with Gasteiger partial charge in [0.1, 0.15) is 6.54 Å². The molecule has 1 atom stereocenters. The number of carbonyl (C=O) groups is 1. The van der Waals surface area contributed by atoms with Crippen LogP contribution in [0.15, 0.2) is 43.0 Å². The van der Waals surface area contributed by atoms with Crippen LogP contribution in [0, 0.1) is 11.3 Å². The lowest BCUT2D eigenvalue weighted by atomic mass is 9.72. The van der Waals surface area contributed by atoms with Gasteiger partial charge in [0.05, 0.1) is 12.2 Å². The van der Waals surface area contributed by atoms with E-state index < -0.39 is 24.5 Å². The number of likely N-dealkylation sites (tertiary alicyclic amines) is 1. The summed E-state index contributed by atoms with van der Waals surface area (Å²) in [7, 11) is 0. The maximum absolute atomic E-state index is 12.7. The Morgan fingerprint density at radius 2 is 1.97 bits per heavy atom. The van der Waals surface area contributed by atoms with E-state index in [1.165, 1.54) is 0 Å². The van der Waals surface area contributed by atoms with Gasteiger partial charge in [-0.2, -0.15) is 13.2 Å². The summed E-state index contributed by atoms with van der Waals surface area (Å²) in [5, 5.41) is 2.10. The molecule has 0 aliphatic carbocycles. The van der Waals surface area contributed by atoms with E-state index in [9.17, 15) is 18.0 Å². The summed E-state index contributed by atoms with van der Waals surface area (Å²) in [4.78, 5) is 18.9. The fourth-order valence-corrected chi connectivity index (χ4v) is 4.59. The van der Waals surface area contributed by atoms with Crippen molar-refractivity contribution in [3.05, 3.63) is 48.5 Å². The molecule has 2 saturated heterocycles. The zero-order valence-electron chi connectivity index (χ0n) is 16.6. The van der Waals surface area contributed by atoms with E-state index in [0.717, 1.165) is 11.3 Å². The molecule has 1 N–H and O–H groups in total. The van der Waals surface area contributed by atoms with Gasteiger partial charge in [0.2, 0.25) is 5.91 Å². The Kier molecular flexibility index (Phi) is 5.84. The summed E-state index contributed by atoms with van der Waals surface area (Å²) in [6, 6.07) is 8.07. The van der Waals surface area contributed by atoms with Gasteiger partial charge in [0.15, 0.2) is 0 Å². The number of nitrogens with one attached hydrogen (secondary N) is 1. The maximum Gasteiger partial charge on any atom is 0.405 e. The molecule has 2 fully saturated rings. The van der Waals surface area contributed by atoms with Gasteiger partial charge in [-0.05, 0) is 30.5 Å². The lowest BCUT2D eigenvalue weighted by molar-refractivity contribution is -0.143. The Bertz CT molecular complexity index is 846. The predicted octanol–water partition coefficient (Wildman–Crippen LogP) is 2.78. The first-order chi connectivity index (χ1) is 14.3. The summed E-state index contributed by atoms with van der Waals surface area (Å²) in [6.07, 6.45) is 2.28. The smallest absolute Gasteiger partial charge is 0.381 e. The molecule has 1 aromatic carbocycles. The second-order valence-electron chi connectivity index (χ2n) is 8.17. The normalized spacial score (nSPS) is 21.8. The number of carbonyl (C=O) groups excluding carboxylic acids is 1. The molecule has 2 aromatic rings. The number of halogens is 3. The zero-order chi connectivity index (χ0) is 21.2. The standard InChI is InChI=1S/C21H25F3N4O2/c22-21(23,24)13-26-19(29)18-12-27(14-20(18)5-9-30-10-6-20)11-16-1-3-17(4-2-16)28-8-7-25-15-28/h1-4,7-8,15,18H,5-6,9-14H2,(H,26,29)/t18-/m1/s1. The molecule has 0 bridgehead atoms. The Morgan fingerprint density at radius 1 is 1.23 bits per heavy atom. The van der Waals surface area contributed by atoms with Crippen molar-refractivity contribution in [1.82, 2.24) is 19.8 Å². The molecule has 1 aromatic heterocycles. The first-order valence-electron chi connectivity index (χ1n) is 10.1. The molecule has 2 aliphatic rings. The quantitative estimate of drug-likeness (QED) is 0.805. The average Bonchev–Trinajstić information content (AvgIpc) is 3.36. The van der Waals surface area contributed by atoms with Gasteiger partial charge in [-0.25, -0.2) is 4.98 Å².